The molecular formula is C31H47NO8. The Morgan fingerprint density at radius 3 is 2.33 bits per heavy atom. The number of ether oxygens (including phenoxy) is 4. The molecule has 0 spiro atoms. The van der Waals surface area contributed by atoms with Crippen LogP contribution in [-0.4, -0.2) is 76.4 Å². The maximum absolute atomic E-state index is 10.5. The van der Waals surface area contributed by atoms with Gasteiger partial charge in [0.15, 0.2) is 5.75 Å². The quantitative estimate of drug-likeness (QED) is 0.221. The van der Waals surface area contributed by atoms with E-state index in [2.05, 4.69) is 29.3 Å². The zero-order valence-electron chi connectivity index (χ0n) is 25.2. The van der Waals surface area contributed by atoms with Gasteiger partial charge in [-0.25, -0.2) is 4.98 Å². The first kappa shape index (κ1) is 33.5. The van der Waals surface area contributed by atoms with Crippen molar-refractivity contribution in [3.05, 3.63) is 58.4 Å². The van der Waals surface area contributed by atoms with Crippen LogP contribution in [0.4, 0.5) is 0 Å². The van der Waals surface area contributed by atoms with E-state index in [1.165, 1.54) is 14.2 Å². The third-order valence-electron chi connectivity index (χ3n) is 7.26. The first-order chi connectivity index (χ1) is 18.9. The van der Waals surface area contributed by atoms with Crippen LogP contribution in [0, 0.1) is 12.8 Å². The van der Waals surface area contributed by atoms with E-state index in [9.17, 15) is 20.4 Å². The number of allylic oxidation sites excluding steroid dienone is 6. The van der Waals surface area contributed by atoms with Gasteiger partial charge in [-0.2, -0.15) is 0 Å². The molecular weight excluding hydrogens is 514 g/mol. The largest absolute Gasteiger partial charge is 0.489 e. The van der Waals surface area contributed by atoms with Crippen molar-refractivity contribution in [3.63, 3.8) is 0 Å². The zero-order chi connectivity index (χ0) is 30.1. The molecule has 4 N–H and O–H groups in total. The highest BCUT2D eigenvalue weighted by Gasteiger charge is 2.43. The van der Waals surface area contributed by atoms with Gasteiger partial charge < -0.3 is 39.4 Å². The monoisotopic (exact) mass is 561 g/mol. The fourth-order valence-electron chi connectivity index (χ4n) is 4.47. The summed E-state index contributed by atoms with van der Waals surface area (Å²) >= 11 is 0. The van der Waals surface area contributed by atoms with Gasteiger partial charge in [0.25, 0.3) is 5.88 Å². The summed E-state index contributed by atoms with van der Waals surface area (Å²) < 4.78 is 22.6. The van der Waals surface area contributed by atoms with E-state index in [1.54, 1.807) is 6.92 Å². The number of aliphatic hydroxyl groups excluding tert-OH is 4. The lowest BCUT2D eigenvalue weighted by atomic mass is 9.96. The molecule has 0 aliphatic carbocycles. The highest BCUT2D eigenvalue weighted by molar-refractivity contribution is 5.54. The Morgan fingerprint density at radius 1 is 1.05 bits per heavy atom. The Hall–Kier alpha value is -2.69. The maximum Gasteiger partial charge on any atom is 0.261 e. The number of methoxy groups -OCH3 is 2. The maximum atomic E-state index is 10.5. The average molecular weight is 562 g/mol. The predicted molar refractivity (Wildman–Crippen MR) is 155 cm³/mol. The second-order valence-electron chi connectivity index (χ2n) is 10.5. The molecule has 40 heavy (non-hydrogen) atoms. The SMILES string of the molecule is C/C=C(/C)[C@H](O)[C@H](C)/C=C(C)\C=C/C/C(C)=C/Cc1nc(OC)c(OC)c(O[C@@H]2O[C@@H](C)[C@H](O)[C@@H](O)[C@H]2O)c1C. The van der Waals surface area contributed by atoms with E-state index in [0.29, 0.717) is 17.7 Å². The van der Waals surface area contributed by atoms with Gasteiger partial charge in [0.05, 0.1) is 32.1 Å². The molecule has 0 bridgehead atoms. The molecule has 1 aromatic heterocycles. The van der Waals surface area contributed by atoms with Gasteiger partial charge >= 0.3 is 0 Å². The fourth-order valence-corrected chi connectivity index (χ4v) is 4.47. The summed E-state index contributed by atoms with van der Waals surface area (Å²) in [5.41, 5.74) is 4.54. The number of nitrogens with zero attached hydrogens (tertiary/aromatic N) is 1. The van der Waals surface area contributed by atoms with E-state index in [1.807, 2.05) is 47.6 Å². The standard InChI is InChI=1S/C31H47NO8/c1-10-19(4)24(33)20(5)16-18(3)13-11-12-17(2)14-15-23-21(6)28(29(37-8)30(32-23)38-9)40-31-27(36)26(35)25(34)22(7)39-31/h10-11,13-14,16,20,22,24-27,31,33-36H,12,15H2,1-9H3/b13-11-,17-14+,18-16-,19-10-/t20-,22+,24+,25+,26-,27-,31+/m1/s1. The molecule has 0 radical (unpaired) electrons. The summed E-state index contributed by atoms with van der Waals surface area (Å²) in [5.74, 6) is 0.751. The summed E-state index contributed by atoms with van der Waals surface area (Å²) in [4.78, 5) is 4.61. The van der Waals surface area contributed by atoms with Crippen LogP contribution >= 0.6 is 0 Å². The first-order valence-electron chi connectivity index (χ1n) is 13.6. The van der Waals surface area contributed by atoms with Crippen LogP contribution in [0.5, 0.6) is 17.4 Å². The van der Waals surface area contributed by atoms with Gasteiger partial charge in [-0.1, -0.05) is 48.5 Å². The average Bonchev–Trinajstić information content (AvgIpc) is 2.93. The molecule has 0 unspecified atom stereocenters. The number of hydrogen-bond donors (Lipinski definition) is 4. The molecule has 1 aromatic rings. The lowest BCUT2D eigenvalue weighted by Crippen LogP contribution is -2.58. The third-order valence-corrected chi connectivity index (χ3v) is 7.26. The number of aliphatic hydroxyl groups is 4. The Kier molecular flexibility index (Phi) is 12.9. The lowest BCUT2D eigenvalue weighted by molar-refractivity contribution is -0.268. The van der Waals surface area contributed by atoms with Crippen LogP contribution < -0.4 is 14.2 Å². The van der Waals surface area contributed by atoms with Crippen LogP contribution in [0.25, 0.3) is 0 Å². The molecule has 2 heterocycles. The van der Waals surface area contributed by atoms with Gasteiger partial charge in [0.1, 0.15) is 18.3 Å². The predicted octanol–water partition coefficient (Wildman–Crippen LogP) is 3.96. The summed E-state index contributed by atoms with van der Waals surface area (Å²) in [6.07, 6.45) is 4.85. The summed E-state index contributed by atoms with van der Waals surface area (Å²) in [5, 5.41) is 41.0. The Morgan fingerprint density at radius 2 is 1.73 bits per heavy atom. The minimum atomic E-state index is -1.47. The molecule has 9 heteroatoms. The van der Waals surface area contributed by atoms with Gasteiger partial charge in [0, 0.05) is 17.9 Å². The minimum absolute atomic E-state index is 0.0182. The topological polar surface area (TPSA) is 131 Å². The molecule has 0 amide bonds. The molecule has 2 rings (SSSR count). The number of pyridine rings is 1. The highest BCUT2D eigenvalue weighted by Crippen LogP contribution is 2.41. The lowest BCUT2D eigenvalue weighted by Gasteiger charge is -2.39. The van der Waals surface area contributed by atoms with Crippen LogP contribution in [0.3, 0.4) is 0 Å². The molecule has 1 aliphatic rings. The highest BCUT2D eigenvalue weighted by atomic mass is 16.7. The summed E-state index contributed by atoms with van der Waals surface area (Å²) in [7, 11) is 2.93. The zero-order valence-corrected chi connectivity index (χ0v) is 25.2. The van der Waals surface area contributed by atoms with Crippen molar-refractivity contribution in [3.8, 4) is 17.4 Å². The van der Waals surface area contributed by atoms with Gasteiger partial charge in [0.2, 0.25) is 12.0 Å². The molecule has 0 saturated carbocycles. The van der Waals surface area contributed by atoms with E-state index in [-0.39, 0.29) is 23.3 Å². The van der Waals surface area contributed by atoms with Crippen molar-refractivity contribution in [1.29, 1.82) is 0 Å². The molecule has 7 atom stereocenters. The molecule has 1 aliphatic heterocycles. The van der Waals surface area contributed by atoms with Crippen molar-refractivity contribution >= 4 is 0 Å². The van der Waals surface area contributed by atoms with E-state index < -0.39 is 36.8 Å². The Bertz CT molecular complexity index is 1110. The van der Waals surface area contributed by atoms with Crippen molar-refractivity contribution < 1.29 is 39.4 Å². The summed E-state index contributed by atoms with van der Waals surface area (Å²) in [6.45, 7) is 13.3. The van der Waals surface area contributed by atoms with Gasteiger partial charge in [-0.05, 0) is 53.5 Å². The van der Waals surface area contributed by atoms with Crippen molar-refractivity contribution in [1.82, 2.24) is 4.98 Å². The second kappa shape index (κ2) is 15.3. The number of aromatic nitrogens is 1. The third kappa shape index (κ3) is 8.41. The van der Waals surface area contributed by atoms with E-state index in [4.69, 9.17) is 18.9 Å². The minimum Gasteiger partial charge on any atom is -0.489 e. The van der Waals surface area contributed by atoms with Crippen molar-refractivity contribution in [2.24, 2.45) is 5.92 Å². The van der Waals surface area contributed by atoms with Crippen molar-refractivity contribution in [2.45, 2.75) is 98.1 Å². The normalized spacial score (nSPS) is 26.1. The first-order valence-corrected chi connectivity index (χ1v) is 13.6. The summed E-state index contributed by atoms with van der Waals surface area (Å²) in [6, 6.07) is 0. The van der Waals surface area contributed by atoms with E-state index in [0.717, 1.165) is 23.1 Å². The van der Waals surface area contributed by atoms with Crippen LogP contribution in [-0.2, 0) is 11.2 Å². The number of rotatable bonds is 12. The smallest absolute Gasteiger partial charge is 0.261 e. The van der Waals surface area contributed by atoms with Gasteiger partial charge in [-0.3, -0.25) is 0 Å². The van der Waals surface area contributed by atoms with Crippen molar-refractivity contribution in [2.75, 3.05) is 14.2 Å². The molecule has 9 nitrogen and oxygen atoms in total. The molecule has 224 valence electrons. The Balaban J connectivity index is 2.20. The van der Waals surface area contributed by atoms with E-state index >= 15 is 0 Å². The fraction of sp³-hybridized carbons (Fsp3) is 0.581. The Labute approximate surface area is 238 Å². The molecule has 0 aromatic carbocycles. The van der Waals surface area contributed by atoms with Crippen LogP contribution in [0.1, 0.15) is 59.2 Å². The van der Waals surface area contributed by atoms with Crippen LogP contribution in [0.2, 0.25) is 0 Å². The number of hydrogen-bond acceptors (Lipinski definition) is 9. The second-order valence-corrected chi connectivity index (χ2v) is 10.5. The van der Waals surface area contributed by atoms with Gasteiger partial charge in [-0.15, -0.1) is 0 Å². The molecule has 1 fully saturated rings. The molecule has 1 saturated heterocycles. The van der Waals surface area contributed by atoms with Crippen LogP contribution in [0.15, 0.2) is 47.1 Å².